The van der Waals surface area contributed by atoms with Gasteiger partial charge in [-0.3, -0.25) is 14.5 Å². The minimum atomic E-state index is -3.75. The normalized spacial score (nSPS) is 11.0. The van der Waals surface area contributed by atoms with E-state index in [2.05, 4.69) is 9.71 Å². The summed E-state index contributed by atoms with van der Waals surface area (Å²) in [6.07, 6.45) is 3.00. The summed E-state index contributed by atoms with van der Waals surface area (Å²) in [5.74, 6) is 0.585. The Bertz CT molecular complexity index is 1080. The molecule has 0 fully saturated rings. The number of pyridine rings is 1. The molecule has 0 aliphatic heterocycles. The molecule has 0 atom stereocenters. The maximum Gasteiger partial charge on any atom is 0.261 e. The van der Waals surface area contributed by atoms with E-state index in [1.165, 1.54) is 36.7 Å². The van der Waals surface area contributed by atoms with Crippen LogP contribution in [0.15, 0.2) is 78.0 Å². The van der Waals surface area contributed by atoms with Crippen LogP contribution in [0.2, 0.25) is 0 Å². The highest BCUT2D eigenvalue weighted by atomic mass is 32.2. The molecule has 0 aliphatic rings. The van der Waals surface area contributed by atoms with E-state index in [1.54, 1.807) is 24.1 Å². The second kappa shape index (κ2) is 9.41. The molecule has 3 rings (SSSR count). The number of carbonyl (C=O) groups excluding carboxylic acids is 1. The molecule has 0 bridgehead atoms. The summed E-state index contributed by atoms with van der Waals surface area (Å²) in [4.78, 5) is 18.2. The largest absolute Gasteiger partial charge is 0.494 e. The van der Waals surface area contributed by atoms with Gasteiger partial charge in [0.2, 0.25) is 0 Å². The first-order valence-electron chi connectivity index (χ1n) is 9.39. The van der Waals surface area contributed by atoms with Gasteiger partial charge in [0.15, 0.2) is 0 Å². The lowest BCUT2D eigenvalue weighted by atomic mass is 10.1. The van der Waals surface area contributed by atoms with Crippen LogP contribution in [0, 0.1) is 0 Å². The van der Waals surface area contributed by atoms with E-state index in [0.29, 0.717) is 24.4 Å². The van der Waals surface area contributed by atoms with E-state index in [-0.39, 0.29) is 10.8 Å². The fraction of sp³-hybridized carbons (Fsp3) is 0.182. The number of sulfonamides is 1. The van der Waals surface area contributed by atoms with Gasteiger partial charge >= 0.3 is 0 Å². The fourth-order valence-electron chi connectivity index (χ4n) is 2.83. The lowest BCUT2D eigenvalue weighted by Gasteiger charge is -2.18. The number of ether oxygens (including phenoxy) is 1. The van der Waals surface area contributed by atoms with Crippen molar-refractivity contribution in [1.29, 1.82) is 0 Å². The molecule has 0 saturated carbocycles. The zero-order chi connectivity index (χ0) is 21.6. The molecule has 156 valence electrons. The van der Waals surface area contributed by atoms with Crippen LogP contribution in [0.3, 0.4) is 0 Å². The Balaban J connectivity index is 1.66. The van der Waals surface area contributed by atoms with Crippen LogP contribution in [0.5, 0.6) is 5.75 Å². The summed E-state index contributed by atoms with van der Waals surface area (Å²) >= 11 is 0. The Morgan fingerprint density at radius 2 is 1.63 bits per heavy atom. The van der Waals surface area contributed by atoms with Crippen LogP contribution in [0.1, 0.15) is 22.8 Å². The number of nitrogens with one attached hydrogen (secondary N) is 1. The van der Waals surface area contributed by atoms with E-state index in [1.807, 2.05) is 31.2 Å². The van der Waals surface area contributed by atoms with Crippen molar-refractivity contribution >= 4 is 21.6 Å². The summed E-state index contributed by atoms with van der Waals surface area (Å²) in [6.45, 7) is 2.95. The van der Waals surface area contributed by atoms with Gasteiger partial charge in [0.05, 0.1) is 17.2 Å². The Morgan fingerprint density at radius 1 is 1.00 bits per heavy atom. The zero-order valence-corrected chi connectivity index (χ0v) is 17.6. The third kappa shape index (κ3) is 5.36. The summed E-state index contributed by atoms with van der Waals surface area (Å²) in [6, 6.07) is 16.5. The highest BCUT2D eigenvalue weighted by Crippen LogP contribution is 2.18. The second-order valence-corrected chi connectivity index (χ2v) is 8.29. The third-order valence-corrected chi connectivity index (χ3v) is 5.74. The van der Waals surface area contributed by atoms with E-state index < -0.39 is 10.0 Å². The van der Waals surface area contributed by atoms with Crippen molar-refractivity contribution in [2.75, 3.05) is 18.4 Å². The van der Waals surface area contributed by atoms with Gasteiger partial charge in [-0.25, -0.2) is 8.42 Å². The highest BCUT2D eigenvalue weighted by molar-refractivity contribution is 7.92. The molecule has 30 heavy (non-hydrogen) atoms. The highest BCUT2D eigenvalue weighted by Gasteiger charge is 2.17. The van der Waals surface area contributed by atoms with Crippen LogP contribution in [0.4, 0.5) is 5.69 Å². The van der Waals surface area contributed by atoms with Crippen LogP contribution in [-0.2, 0) is 16.6 Å². The van der Waals surface area contributed by atoms with Crippen molar-refractivity contribution in [1.82, 2.24) is 9.88 Å². The van der Waals surface area contributed by atoms with E-state index >= 15 is 0 Å². The standard InChI is InChI=1S/C22H23N3O4S/c1-3-29-20-8-4-17(5-9-20)16-25(2)22(26)18-6-10-21(11-7-18)30(27,28)24-19-12-14-23-15-13-19/h4-15H,3,16H2,1-2H3,(H,23,24). The maximum absolute atomic E-state index is 12.7. The van der Waals surface area contributed by atoms with E-state index in [0.717, 1.165) is 11.3 Å². The number of anilines is 1. The van der Waals surface area contributed by atoms with Gasteiger partial charge < -0.3 is 9.64 Å². The molecular weight excluding hydrogens is 402 g/mol. The van der Waals surface area contributed by atoms with Gasteiger partial charge in [0, 0.05) is 31.5 Å². The minimum absolute atomic E-state index is 0.0741. The van der Waals surface area contributed by atoms with Gasteiger partial charge in [0.1, 0.15) is 5.75 Å². The monoisotopic (exact) mass is 425 g/mol. The molecule has 0 unspecified atom stereocenters. The molecule has 0 spiro atoms. The van der Waals surface area contributed by atoms with Crippen molar-refractivity contribution in [3.8, 4) is 5.75 Å². The average Bonchev–Trinajstić information content (AvgIpc) is 2.75. The Morgan fingerprint density at radius 3 is 2.23 bits per heavy atom. The summed E-state index contributed by atoms with van der Waals surface area (Å²) in [7, 11) is -2.05. The van der Waals surface area contributed by atoms with Gasteiger partial charge in [-0.1, -0.05) is 12.1 Å². The smallest absolute Gasteiger partial charge is 0.261 e. The third-order valence-electron chi connectivity index (χ3n) is 4.34. The minimum Gasteiger partial charge on any atom is -0.494 e. The molecule has 0 saturated heterocycles. The molecule has 0 aliphatic carbocycles. The molecular formula is C22H23N3O4S. The molecule has 1 heterocycles. The van der Waals surface area contributed by atoms with Crippen molar-refractivity contribution in [2.24, 2.45) is 0 Å². The number of hydrogen-bond acceptors (Lipinski definition) is 5. The molecule has 7 nitrogen and oxygen atoms in total. The van der Waals surface area contributed by atoms with Gasteiger partial charge in [0.25, 0.3) is 15.9 Å². The van der Waals surface area contributed by atoms with E-state index in [4.69, 9.17) is 4.74 Å². The average molecular weight is 426 g/mol. The summed E-state index contributed by atoms with van der Waals surface area (Å²) < 4.78 is 32.9. The SMILES string of the molecule is CCOc1ccc(CN(C)C(=O)c2ccc(S(=O)(=O)Nc3ccncc3)cc2)cc1. The zero-order valence-electron chi connectivity index (χ0n) is 16.8. The molecule has 2 aromatic carbocycles. The number of hydrogen-bond donors (Lipinski definition) is 1. The first-order valence-corrected chi connectivity index (χ1v) is 10.9. The van der Waals surface area contributed by atoms with Crippen LogP contribution < -0.4 is 9.46 Å². The number of aromatic nitrogens is 1. The van der Waals surface area contributed by atoms with Gasteiger partial charge in [-0.2, -0.15) is 0 Å². The van der Waals surface area contributed by atoms with Crippen molar-refractivity contribution in [3.63, 3.8) is 0 Å². The first-order chi connectivity index (χ1) is 14.4. The molecule has 3 aromatic rings. The van der Waals surface area contributed by atoms with Gasteiger partial charge in [-0.05, 0) is 61.0 Å². The van der Waals surface area contributed by atoms with E-state index in [9.17, 15) is 13.2 Å². The predicted molar refractivity (Wildman–Crippen MR) is 115 cm³/mol. The number of benzene rings is 2. The van der Waals surface area contributed by atoms with Crippen molar-refractivity contribution in [2.45, 2.75) is 18.4 Å². The molecule has 1 aromatic heterocycles. The second-order valence-electron chi connectivity index (χ2n) is 6.60. The van der Waals surface area contributed by atoms with Crippen LogP contribution in [-0.4, -0.2) is 37.9 Å². The quantitative estimate of drug-likeness (QED) is 0.596. The lowest BCUT2D eigenvalue weighted by Crippen LogP contribution is -2.26. The molecule has 1 N–H and O–H groups in total. The topological polar surface area (TPSA) is 88.6 Å². The lowest BCUT2D eigenvalue weighted by molar-refractivity contribution is 0.0785. The Hall–Kier alpha value is -3.39. The fourth-order valence-corrected chi connectivity index (χ4v) is 3.89. The first kappa shape index (κ1) is 21.3. The molecule has 0 radical (unpaired) electrons. The summed E-state index contributed by atoms with van der Waals surface area (Å²) in [5.41, 5.74) is 1.79. The Labute approximate surface area is 176 Å². The maximum atomic E-state index is 12.7. The number of nitrogens with zero attached hydrogens (tertiary/aromatic N) is 2. The van der Waals surface area contributed by atoms with Crippen molar-refractivity contribution in [3.05, 3.63) is 84.2 Å². The number of carbonyl (C=O) groups is 1. The molecule has 1 amide bonds. The van der Waals surface area contributed by atoms with Crippen LogP contribution >= 0.6 is 0 Å². The van der Waals surface area contributed by atoms with Crippen LogP contribution in [0.25, 0.3) is 0 Å². The Kier molecular flexibility index (Phi) is 6.68. The number of amides is 1. The summed E-state index contributed by atoms with van der Waals surface area (Å²) in [5, 5.41) is 0. The van der Waals surface area contributed by atoms with Crippen molar-refractivity contribution < 1.29 is 17.9 Å². The molecule has 8 heteroatoms. The predicted octanol–water partition coefficient (Wildman–Crippen LogP) is 3.55. The number of rotatable bonds is 8. The van der Waals surface area contributed by atoms with Gasteiger partial charge in [-0.15, -0.1) is 0 Å².